The molecule has 0 bridgehead atoms. The minimum Gasteiger partial charge on any atom is -0.497 e. The summed E-state index contributed by atoms with van der Waals surface area (Å²) in [7, 11) is 3.19. The lowest BCUT2D eigenvalue weighted by atomic mass is 10.1. The second-order valence-corrected chi connectivity index (χ2v) is 6.23. The molecule has 2 aromatic rings. The summed E-state index contributed by atoms with van der Waals surface area (Å²) in [4.78, 5) is 12.2. The van der Waals surface area contributed by atoms with E-state index in [-0.39, 0.29) is 5.91 Å². The Balaban J connectivity index is 1.86. The van der Waals surface area contributed by atoms with Crippen LogP contribution in [0.15, 0.2) is 48.5 Å². The summed E-state index contributed by atoms with van der Waals surface area (Å²) in [6.07, 6.45) is 3.19. The van der Waals surface area contributed by atoms with Crippen LogP contribution < -0.4 is 14.8 Å². The molecule has 0 fully saturated rings. The van der Waals surface area contributed by atoms with Gasteiger partial charge in [-0.15, -0.1) is 0 Å². The van der Waals surface area contributed by atoms with Gasteiger partial charge in [0.2, 0.25) is 5.91 Å². The van der Waals surface area contributed by atoms with Gasteiger partial charge in [-0.1, -0.05) is 24.3 Å². The molecule has 1 N–H and O–H groups in total. The molecule has 0 saturated carbocycles. The molecule has 0 heterocycles. The zero-order valence-electron chi connectivity index (χ0n) is 17.3. The second kappa shape index (κ2) is 12.6. The Morgan fingerprint density at radius 1 is 1.00 bits per heavy atom. The van der Waals surface area contributed by atoms with Crippen LogP contribution in [0, 0.1) is 0 Å². The quantitative estimate of drug-likeness (QED) is 0.436. The van der Waals surface area contributed by atoms with Gasteiger partial charge in [0.25, 0.3) is 0 Å². The fourth-order valence-corrected chi connectivity index (χ4v) is 2.66. The Hall–Kier alpha value is -2.83. The summed E-state index contributed by atoms with van der Waals surface area (Å²) >= 11 is 0. The monoisotopic (exact) mass is 399 g/mol. The number of hydrogen-bond donors (Lipinski definition) is 1. The van der Waals surface area contributed by atoms with E-state index in [1.807, 2.05) is 43.3 Å². The van der Waals surface area contributed by atoms with Crippen molar-refractivity contribution >= 4 is 12.0 Å². The van der Waals surface area contributed by atoms with Crippen molar-refractivity contribution in [1.82, 2.24) is 5.32 Å². The van der Waals surface area contributed by atoms with Gasteiger partial charge >= 0.3 is 0 Å². The fourth-order valence-electron chi connectivity index (χ4n) is 2.66. The highest BCUT2D eigenvalue weighted by Gasteiger charge is 2.04. The third-order valence-corrected chi connectivity index (χ3v) is 4.15. The van der Waals surface area contributed by atoms with Crippen molar-refractivity contribution in [3.63, 3.8) is 0 Å². The van der Waals surface area contributed by atoms with Crippen LogP contribution in [0.1, 0.15) is 23.6 Å². The van der Waals surface area contributed by atoms with E-state index in [4.69, 9.17) is 18.9 Å². The summed E-state index contributed by atoms with van der Waals surface area (Å²) in [6, 6.07) is 13.4. The molecule has 6 nitrogen and oxygen atoms in total. The highest BCUT2D eigenvalue weighted by atomic mass is 16.5. The molecule has 0 spiro atoms. The SMILES string of the molecule is CCOCCOCc1cccc(CNC(=O)/C=C/c2cc(OC)ccc2OC)c1. The van der Waals surface area contributed by atoms with Crippen molar-refractivity contribution in [2.45, 2.75) is 20.1 Å². The van der Waals surface area contributed by atoms with Gasteiger partial charge in [0.15, 0.2) is 0 Å². The molecule has 0 saturated heterocycles. The van der Waals surface area contributed by atoms with Gasteiger partial charge in [-0.25, -0.2) is 0 Å². The molecule has 0 aliphatic heterocycles. The lowest BCUT2D eigenvalue weighted by molar-refractivity contribution is -0.116. The molecule has 0 unspecified atom stereocenters. The van der Waals surface area contributed by atoms with Crippen LogP contribution >= 0.6 is 0 Å². The van der Waals surface area contributed by atoms with Crippen LogP contribution in [0.3, 0.4) is 0 Å². The maximum atomic E-state index is 12.2. The summed E-state index contributed by atoms with van der Waals surface area (Å²) in [5.74, 6) is 1.19. The standard InChI is InChI=1S/C23H29NO5/c1-4-28-12-13-29-17-19-7-5-6-18(14-19)16-24-23(25)11-8-20-15-21(26-2)9-10-22(20)27-3/h5-11,14-15H,4,12-13,16-17H2,1-3H3,(H,24,25)/b11-8+. The predicted molar refractivity (Wildman–Crippen MR) is 113 cm³/mol. The molecule has 0 aliphatic carbocycles. The first-order valence-electron chi connectivity index (χ1n) is 9.57. The number of carbonyl (C=O) groups is 1. The number of benzene rings is 2. The van der Waals surface area contributed by atoms with Crippen LogP contribution in [-0.2, 0) is 27.4 Å². The first-order valence-corrected chi connectivity index (χ1v) is 9.57. The first kappa shape index (κ1) is 22.5. The Kier molecular flexibility index (Phi) is 9.75. The molecule has 0 aliphatic rings. The highest BCUT2D eigenvalue weighted by molar-refractivity contribution is 5.92. The van der Waals surface area contributed by atoms with E-state index in [0.717, 1.165) is 16.7 Å². The Bertz CT molecular complexity index is 804. The third kappa shape index (κ3) is 7.97. The molecule has 156 valence electrons. The summed E-state index contributed by atoms with van der Waals surface area (Å²) in [5, 5.41) is 2.89. The van der Waals surface area contributed by atoms with E-state index in [9.17, 15) is 4.79 Å². The fraction of sp³-hybridized carbons (Fsp3) is 0.348. The largest absolute Gasteiger partial charge is 0.497 e. The van der Waals surface area contributed by atoms with E-state index in [0.29, 0.717) is 44.5 Å². The molecule has 0 aromatic heterocycles. The zero-order valence-corrected chi connectivity index (χ0v) is 17.3. The maximum absolute atomic E-state index is 12.2. The van der Waals surface area contributed by atoms with E-state index in [2.05, 4.69) is 5.32 Å². The van der Waals surface area contributed by atoms with Gasteiger partial charge in [-0.05, 0) is 42.3 Å². The van der Waals surface area contributed by atoms with Crippen molar-refractivity contribution in [2.75, 3.05) is 34.0 Å². The first-order chi connectivity index (χ1) is 14.2. The second-order valence-electron chi connectivity index (χ2n) is 6.23. The Morgan fingerprint density at radius 2 is 1.79 bits per heavy atom. The molecule has 0 atom stereocenters. The molecule has 29 heavy (non-hydrogen) atoms. The van der Waals surface area contributed by atoms with Gasteiger partial charge in [-0.3, -0.25) is 4.79 Å². The topological polar surface area (TPSA) is 66.0 Å². The lowest BCUT2D eigenvalue weighted by Gasteiger charge is -2.08. The summed E-state index contributed by atoms with van der Waals surface area (Å²) in [5.41, 5.74) is 2.84. The van der Waals surface area contributed by atoms with Crippen molar-refractivity contribution < 1.29 is 23.7 Å². The van der Waals surface area contributed by atoms with E-state index in [1.165, 1.54) is 6.08 Å². The Morgan fingerprint density at radius 3 is 2.55 bits per heavy atom. The van der Waals surface area contributed by atoms with Crippen LogP contribution in [-0.4, -0.2) is 39.9 Å². The van der Waals surface area contributed by atoms with E-state index >= 15 is 0 Å². The van der Waals surface area contributed by atoms with Gasteiger partial charge in [-0.2, -0.15) is 0 Å². The number of carbonyl (C=O) groups excluding carboxylic acids is 1. The van der Waals surface area contributed by atoms with Crippen LogP contribution in [0.4, 0.5) is 0 Å². The average molecular weight is 399 g/mol. The van der Waals surface area contributed by atoms with Crippen LogP contribution in [0.2, 0.25) is 0 Å². The molecular weight excluding hydrogens is 370 g/mol. The summed E-state index contributed by atoms with van der Waals surface area (Å²) in [6.45, 7) is 4.76. The van der Waals surface area contributed by atoms with E-state index < -0.39 is 0 Å². The van der Waals surface area contributed by atoms with Crippen molar-refractivity contribution in [2.24, 2.45) is 0 Å². The minimum atomic E-state index is -0.187. The Labute approximate surface area is 172 Å². The van der Waals surface area contributed by atoms with Crippen LogP contribution in [0.25, 0.3) is 6.08 Å². The lowest BCUT2D eigenvalue weighted by Crippen LogP contribution is -2.20. The van der Waals surface area contributed by atoms with Crippen LogP contribution in [0.5, 0.6) is 11.5 Å². The molecule has 2 rings (SSSR count). The molecule has 2 aromatic carbocycles. The number of methoxy groups -OCH3 is 2. The zero-order chi connectivity index (χ0) is 20.9. The minimum absolute atomic E-state index is 0.187. The molecular formula is C23H29NO5. The number of hydrogen-bond acceptors (Lipinski definition) is 5. The maximum Gasteiger partial charge on any atom is 0.244 e. The van der Waals surface area contributed by atoms with Gasteiger partial charge in [0.05, 0.1) is 34.0 Å². The van der Waals surface area contributed by atoms with Crippen molar-refractivity contribution in [3.8, 4) is 11.5 Å². The third-order valence-electron chi connectivity index (χ3n) is 4.15. The molecule has 6 heteroatoms. The van der Waals surface area contributed by atoms with Crippen molar-refractivity contribution in [1.29, 1.82) is 0 Å². The normalized spacial score (nSPS) is 10.9. The van der Waals surface area contributed by atoms with Gasteiger partial charge < -0.3 is 24.3 Å². The number of rotatable bonds is 12. The molecule has 0 radical (unpaired) electrons. The summed E-state index contributed by atoms with van der Waals surface area (Å²) < 4.78 is 21.4. The number of ether oxygens (including phenoxy) is 4. The van der Waals surface area contributed by atoms with Crippen molar-refractivity contribution in [3.05, 3.63) is 65.2 Å². The van der Waals surface area contributed by atoms with Gasteiger partial charge in [0.1, 0.15) is 11.5 Å². The van der Waals surface area contributed by atoms with E-state index in [1.54, 1.807) is 26.4 Å². The smallest absolute Gasteiger partial charge is 0.244 e. The molecule has 1 amide bonds. The van der Waals surface area contributed by atoms with Gasteiger partial charge in [0, 0.05) is 24.8 Å². The predicted octanol–water partition coefficient (Wildman–Crippen LogP) is 3.59. The average Bonchev–Trinajstić information content (AvgIpc) is 2.76. The highest BCUT2D eigenvalue weighted by Crippen LogP contribution is 2.25. The number of nitrogens with one attached hydrogen (secondary N) is 1. The number of amides is 1.